The molecule has 1 saturated heterocycles. The lowest BCUT2D eigenvalue weighted by Gasteiger charge is -2.26. The van der Waals surface area contributed by atoms with Crippen molar-refractivity contribution in [2.75, 3.05) is 12.0 Å². The Labute approximate surface area is 268 Å². The maximum atomic E-state index is 13.4. The highest BCUT2D eigenvalue weighted by Crippen LogP contribution is 2.38. The van der Waals surface area contributed by atoms with E-state index >= 15 is 0 Å². The van der Waals surface area contributed by atoms with Crippen molar-refractivity contribution in [3.8, 4) is 17.2 Å². The van der Waals surface area contributed by atoms with E-state index in [0.717, 1.165) is 21.6 Å². The molecule has 0 unspecified atom stereocenters. The standard InChI is InChI=1S/C33H25Cl3N2O6/c1-19-4-3-5-20(12-19)17-44-30-28(36)14-21(15-29(30)42-2)13-26-31(39)37-33(41)38(32(26)40)24-8-10-25(11-9-24)43-18-22-6-7-23(34)16-27(22)35/h3-16H,17-18H2,1-2H3,(H,37,39,41)/b26-13+. The van der Waals surface area contributed by atoms with Gasteiger partial charge in [-0.05, 0) is 72.7 Å². The zero-order chi connectivity index (χ0) is 31.4. The Morgan fingerprint density at radius 2 is 1.61 bits per heavy atom. The van der Waals surface area contributed by atoms with Crippen molar-refractivity contribution in [2.45, 2.75) is 20.1 Å². The molecule has 8 nitrogen and oxygen atoms in total. The zero-order valence-corrected chi connectivity index (χ0v) is 25.8. The van der Waals surface area contributed by atoms with Crippen LogP contribution in [0.25, 0.3) is 6.08 Å². The Morgan fingerprint density at radius 3 is 2.32 bits per heavy atom. The van der Waals surface area contributed by atoms with Crippen molar-refractivity contribution >= 4 is 64.4 Å². The number of rotatable bonds is 9. The third kappa shape index (κ3) is 7.00. The SMILES string of the molecule is COc1cc(/C=C2\C(=O)NC(=O)N(c3ccc(OCc4ccc(Cl)cc4Cl)cc3)C2=O)cc(Cl)c1OCc1cccc(C)c1. The van der Waals surface area contributed by atoms with Gasteiger partial charge in [-0.25, -0.2) is 9.69 Å². The summed E-state index contributed by atoms with van der Waals surface area (Å²) in [4.78, 5) is 39.8. The summed E-state index contributed by atoms with van der Waals surface area (Å²) in [5.74, 6) is -0.553. The minimum atomic E-state index is -0.880. The van der Waals surface area contributed by atoms with Gasteiger partial charge in [0.1, 0.15) is 24.5 Å². The van der Waals surface area contributed by atoms with E-state index in [1.54, 1.807) is 42.5 Å². The molecule has 1 aliphatic heterocycles. The molecule has 4 amide bonds. The number of hydrogen-bond donors (Lipinski definition) is 1. The number of carbonyl (C=O) groups is 3. The van der Waals surface area contributed by atoms with Crippen molar-refractivity contribution in [3.63, 3.8) is 0 Å². The van der Waals surface area contributed by atoms with Crippen LogP contribution in [-0.4, -0.2) is 25.0 Å². The highest BCUT2D eigenvalue weighted by atomic mass is 35.5. The second-order valence-corrected chi connectivity index (χ2v) is 11.0. The summed E-state index contributed by atoms with van der Waals surface area (Å²) < 4.78 is 17.2. The van der Waals surface area contributed by atoms with Crippen LogP contribution in [-0.2, 0) is 22.8 Å². The Bertz CT molecular complexity index is 1790. The number of hydrogen-bond acceptors (Lipinski definition) is 6. The number of imide groups is 2. The molecule has 44 heavy (non-hydrogen) atoms. The molecule has 5 rings (SSSR count). The molecule has 1 heterocycles. The van der Waals surface area contributed by atoms with Crippen molar-refractivity contribution in [1.82, 2.24) is 5.32 Å². The van der Waals surface area contributed by atoms with Crippen molar-refractivity contribution in [2.24, 2.45) is 0 Å². The third-order valence-electron chi connectivity index (χ3n) is 6.63. The summed E-state index contributed by atoms with van der Waals surface area (Å²) in [6, 6.07) is 21.5. The molecule has 0 spiro atoms. The first kappa shape index (κ1) is 30.9. The normalized spacial score (nSPS) is 14.1. The number of carbonyl (C=O) groups excluding carboxylic acids is 3. The van der Waals surface area contributed by atoms with Crippen LogP contribution >= 0.6 is 34.8 Å². The quantitative estimate of drug-likeness (QED) is 0.147. The van der Waals surface area contributed by atoms with E-state index in [2.05, 4.69) is 5.32 Å². The number of methoxy groups -OCH3 is 1. The summed E-state index contributed by atoms with van der Waals surface area (Å²) in [7, 11) is 1.46. The maximum absolute atomic E-state index is 13.4. The Balaban J connectivity index is 1.34. The van der Waals surface area contributed by atoms with Gasteiger partial charge in [0.15, 0.2) is 11.5 Å². The molecule has 0 atom stereocenters. The fraction of sp³-hybridized carbons (Fsp3) is 0.121. The molecular weight excluding hydrogens is 627 g/mol. The molecule has 4 aromatic rings. The summed E-state index contributed by atoms with van der Waals surface area (Å²) in [5, 5.41) is 3.41. The molecule has 224 valence electrons. The number of amides is 4. The smallest absolute Gasteiger partial charge is 0.335 e. The van der Waals surface area contributed by atoms with Gasteiger partial charge in [-0.15, -0.1) is 0 Å². The number of aryl methyl sites for hydroxylation is 1. The number of benzene rings is 4. The Morgan fingerprint density at radius 1 is 0.841 bits per heavy atom. The number of barbiturate groups is 1. The highest BCUT2D eigenvalue weighted by molar-refractivity contribution is 6.39. The molecule has 0 aliphatic carbocycles. The first-order chi connectivity index (χ1) is 21.1. The highest BCUT2D eigenvalue weighted by Gasteiger charge is 2.37. The van der Waals surface area contributed by atoms with Crippen LogP contribution < -0.4 is 24.4 Å². The first-order valence-corrected chi connectivity index (χ1v) is 14.4. The monoisotopic (exact) mass is 650 g/mol. The lowest BCUT2D eigenvalue weighted by atomic mass is 10.1. The van der Waals surface area contributed by atoms with Gasteiger partial charge in [-0.3, -0.25) is 14.9 Å². The Hall–Kier alpha value is -4.50. The van der Waals surface area contributed by atoms with Crippen LogP contribution in [0.3, 0.4) is 0 Å². The topological polar surface area (TPSA) is 94.2 Å². The van der Waals surface area contributed by atoms with Gasteiger partial charge >= 0.3 is 6.03 Å². The van der Waals surface area contributed by atoms with E-state index in [0.29, 0.717) is 32.9 Å². The first-order valence-electron chi connectivity index (χ1n) is 13.3. The molecule has 0 radical (unpaired) electrons. The average Bonchev–Trinajstić information content (AvgIpc) is 2.98. The van der Waals surface area contributed by atoms with Crippen molar-refractivity contribution < 1.29 is 28.6 Å². The van der Waals surface area contributed by atoms with E-state index in [-0.39, 0.29) is 29.5 Å². The number of urea groups is 1. The summed E-state index contributed by atoms with van der Waals surface area (Å²) in [6.45, 7) is 2.43. The summed E-state index contributed by atoms with van der Waals surface area (Å²) in [6.07, 6.45) is 1.34. The van der Waals surface area contributed by atoms with Gasteiger partial charge in [-0.2, -0.15) is 0 Å². The van der Waals surface area contributed by atoms with Crippen LogP contribution in [0.4, 0.5) is 10.5 Å². The molecule has 1 aliphatic rings. The van der Waals surface area contributed by atoms with E-state index in [4.69, 9.17) is 49.0 Å². The molecule has 0 bridgehead atoms. The number of ether oxygens (including phenoxy) is 3. The second kappa shape index (κ2) is 13.4. The second-order valence-electron chi connectivity index (χ2n) is 9.79. The van der Waals surface area contributed by atoms with Crippen molar-refractivity contribution in [1.29, 1.82) is 0 Å². The minimum Gasteiger partial charge on any atom is -0.493 e. The molecular formula is C33H25Cl3N2O6. The van der Waals surface area contributed by atoms with Crippen LogP contribution in [0.2, 0.25) is 15.1 Å². The predicted octanol–water partition coefficient (Wildman–Crippen LogP) is 7.79. The van der Waals surface area contributed by atoms with Gasteiger partial charge in [0, 0.05) is 15.6 Å². The maximum Gasteiger partial charge on any atom is 0.335 e. The van der Waals surface area contributed by atoms with E-state index in [1.807, 2.05) is 31.2 Å². The number of nitrogens with one attached hydrogen (secondary N) is 1. The van der Waals surface area contributed by atoms with Crippen LogP contribution in [0.15, 0.2) is 84.4 Å². The molecule has 4 aromatic carbocycles. The van der Waals surface area contributed by atoms with E-state index < -0.39 is 17.8 Å². The van der Waals surface area contributed by atoms with E-state index in [1.165, 1.54) is 25.3 Å². The van der Waals surface area contributed by atoms with Crippen LogP contribution in [0.5, 0.6) is 17.2 Å². The summed E-state index contributed by atoms with van der Waals surface area (Å²) >= 11 is 18.7. The Kier molecular flexibility index (Phi) is 9.44. The largest absolute Gasteiger partial charge is 0.493 e. The van der Waals surface area contributed by atoms with E-state index in [9.17, 15) is 14.4 Å². The lowest BCUT2D eigenvalue weighted by molar-refractivity contribution is -0.122. The molecule has 1 N–H and O–H groups in total. The van der Waals surface area contributed by atoms with Crippen molar-refractivity contribution in [3.05, 3.63) is 122 Å². The molecule has 0 saturated carbocycles. The van der Waals surface area contributed by atoms with Gasteiger partial charge in [0.05, 0.1) is 17.8 Å². The van der Waals surface area contributed by atoms with Crippen LogP contribution in [0.1, 0.15) is 22.3 Å². The minimum absolute atomic E-state index is 0.182. The summed E-state index contributed by atoms with van der Waals surface area (Å²) in [5.41, 5.74) is 3.15. The zero-order valence-electron chi connectivity index (χ0n) is 23.5. The average molecular weight is 652 g/mol. The third-order valence-corrected chi connectivity index (χ3v) is 7.50. The lowest BCUT2D eigenvalue weighted by Crippen LogP contribution is -2.54. The molecule has 1 fully saturated rings. The fourth-order valence-electron chi connectivity index (χ4n) is 4.47. The fourth-order valence-corrected chi connectivity index (χ4v) is 5.21. The van der Waals surface area contributed by atoms with Gasteiger partial charge in [0.25, 0.3) is 11.8 Å². The molecule has 11 heteroatoms. The van der Waals surface area contributed by atoms with Gasteiger partial charge < -0.3 is 14.2 Å². The van der Waals surface area contributed by atoms with Crippen LogP contribution in [0, 0.1) is 6.92 Å². The number of anilines is 1. The number of halogens is 3. The van der Waals surface area contributed by atoms with Gasteiger partial charge in [-0.1, -0.05) is 70.7 Å². The van der Waals surface area contributed by atoms with Gasteiger partial charge in [0.2, 0.25) is 0 Å². The predicted molar refractivity (Wildman–Crippen MR) is 170 cm³/mol. The number of nitrogens with zero attached hydrogens (tertiary/aromatic N) is 1. The molecule has 0 aromatic heterocycles.